The van der Waals surface area contributed by atoms with Crippen molar-refractivity contribution >= 4 is 34.5 Å². The molecule has 0 aliphatic rings. The molecular weight excluding hydrogens is 268 g/mol. The third kappa shape index (κ3) is 2.16. The molecule has 0 atom stereocenters. The molecule has 0 bridgehead atoms. The molecule has 94 valence electrons. The van der Waals surface area contributed by atoms with Crippen molar-refractivity contribution in [1.82, 2.24) is 0 Å². The van der Waals surface area contributed by atoms with Gasteiger partial charge in [0.25, 0.3) is 8.32 Å². The predicted molar refractivity (Wildman–Crippen MR) is 84.1 cm³/mol. The minimum atomic E-state index is -2.81. The molecule has 3 rings (SSSR count). The Morgan fingerprint density at radius 1 is 0.684 bits per heavy atom. The lowest BCUT2D eigenvalue weighted by atomic mass is 10.4. The maximum Gasteiger partial charge on any atom is 0.295 e. The molecule has 1 N–H and O–H groups in total. The van der Waals surface area contributed by atoms with E-state index in [0.29, 0.717) is 0 Å². The van der Waals surface area contributed by atoms with E-state index in [1.165, 1.54) is 0 Å². The van der Waals surface area contributed by atoms with E-state index in [9.17, 15) is 4.80 Å². The highest BCUT2D eigenvalue weighted by Gasteiger charge is 2.38. The van der Waals surface area contributed by atoms with Crippen LogP contribution in [0.25, 0.3) is 0 Å². The van der Waals surface area contributed by atoms with Crippen molar-refractivity contribution in [2.24, 2.45) is 0 Å². The summed E-state index contributed by atoms with van der Waals surface area (Å²) in [5, 5.41) is 4.09. The molecule has 0 saturated carbocycles. The predicted octanol–water partition coefficient (Wildman–Crippen LogP) is 1.71. The van der Waals surface area contributed by atoms with E-state index in [-0.39, 0.29) is 0 Å². The largest absolute Gasteiger partial charge is 0.420 e. The van der Waals surface area contributed by atoms with Gasteiger partial charge in [0.05, 0.1) is 0 Å². The van der Waals surface area contributed by atoms with Crippen LogP contribution in [0.4, 0.5) is 0 Å². The van der Waals surface area contributed by atoms with Gasteiger partial charge in [-0.05, 0) is 21.8 Å². The van der Waals surface area contributed by atoms with Crippen molar-refractivity contribution in [1.29, 1.82) is 0 Å². The van der Waals surface area contributed by atoms with E-state index in [4.69, 9.17) is 0 Å². The second-order valence-corrected chi connectivity index (χ2v) is 8.84. The van der Waals surface area contributed by atoms with Crippen LogP contribution >= 0.6 is 11.3 Å². The number of thiophene rings is 1. The van der Waals surface area contributed by atoms with Gasteiger partial charge in [0.15, 0.2) is 0 Å². The second-order valence-electron chi connectivity index (χ2n) is 4.42. The topological polar surface area (TPSA) is 20.2 Å². The molecule has 2 aromatic carbocycles. The van der Waals surface area contributed by atoms with Crippen LogP contribution in [0, 0.1) is 0 Å². The van der Waals surface area contributed by atoms with Crippen LogP contribution in [0.15, 0.2) is 78.2 Å². The van der Waals surface area contributed by atoms with Crippen molar-refractivity contribution in [2.75, 3.05) is 0 Å². The van der Waals surface area contributed by atoms with Gasteiger partial charge in [-0.2, -0.15) is 11.3 Å². The number of rotatable bonds is 3. The van der Waals surface area contributed by atoms with Gasteiger partial charge in [-0.3, -0.25) is 0 Å². The lowest BCUT2D eigenvalue weighted by molar-refractivity contribution is 0.584. The fraction of sp³-hybridized carbons (Fsp3) is 0. The molecule has 0 spiro atoms. The Bertz CT molecular complexity index is 596. The summed E-state index contributed by atoms with van der Waals surface area (Å²) in [7, 11) is -2.81. The van der Waals surface area contributed by atoms with Gasteiger partial charge in [-0.15, -0.1) is 0 Å². The highest BCUT2D eigenvalue weighted by atomic mass is 32.1. The number of benzene rings is 2. The average Bonchev–Trinajstić information content (AvgIpc) is 3.03. The van der Waals surface area contributed by atoms with Crippen molar-refractivity contribution < 1.29 is 4.80 Å². The van der Waals surface area contributed by atoms with Gasteiger partial charge in [0, 0.05) is 4.50 Å². The van der Waals surface area contributed by atoms with Crippen molar-refractivity contribution in [3.63, 3.8) is 0 Å². The molecule has 0 fully saturated rings. The van der Waals surface area contributed by atoms with Gasteiger partial charge in [-0.1, -0.05) is 66.7 Å². The number of hydrogen-bond acceptors (Lipinski definition) is 2. The zero-order valence-electron chi connectivity index (χ0n) is 10.4. The van der Waals surface area contributed by atoms with E-state index in [1.54, 1.807) is 11.3 Å². The normalized spacial score (nSPS) is 11.4. The lowest BCUT2D eigenvalue weighted by Crippen LogP contribution is -2.66. The summed E-state index contributed by atoms with van der Waals surface area (Å²) < 4.78 is 1.07. The Kier molecular flexibility index (Phi) is 3.34. The van der Waals surface area contributed by atoms with Crippen LogP contribution in [0.3, 0.4) is 0 Å². The summed E-state index contributed by atoms with van der Waals surface area (Å²) in [5.74, 6) is 0. The smallest absolute Gasteiger partial charge is 0.295 e. The zero-order chi connectivity index (χ0) is 13.1. The maximum atomic E-state index is 11.5. The first-order valence-electron chi connectivity index (χ1n) is 6.19. The summed E-state index contributed by atoms with van der Waals surface area (Å²) in [4.78, 5) is 11.5. The average molecular weight is 282 g/mol. The molecule has 19 heavy (non-hydrogen) atoms. The standard InChI is InChI=1S/C16H14OSSi/c17-19(16-12-7-13-18-16,14-8-3-1-4-9-14)15-10-5-2-6-11-15/h1-13,17H. The van der Waals surface area contributed by atoms with E-state index < -0.39 is 8.32 Å². The van der Waals surface area contributed by atoms with Gasteiger partial charge in [-0.25, -0.2) is 0 Å². The minimum absolute atomic E-state index is 1.03. The molecule has 1 nitrogen and oxygen atoms in total. The van der Waals surface area contributed by atoms with Crippen LogP contribution in [-0.2, 0) is 0 Å². The summed E-state index contributed by atoms with van der Waals surface area (Å²) in [6, 6.07) is 24.1. The van der Waals surface area contributed by atoms with Gasteiger partial charge >= 0.3 is 0 Å². The molecule has 0 radical (unpaired) electrons. The van der Waals surface area contributed by atoms with E-state index >= 15 is 0 Å². The van der Waals surface area contributed by atoms with Crippen LogP contribution in [0.2, 0.25) is 0 Å². The highest BCUT2D eigenvalue weighted by Crippen LogP contribution is 2.07. The minimum Gasteiger partial charge on any atom is -0.420 e. The first-order valence-corrected chi connectivity index (χ1v) is 9.02. The number of hydrogen-bond donors (Lipinski definition) is 1. The van der Waals surface area contributed by atoms with Crippen LogP contribution in [-0.4, -0.2) is 13.1 Å². The van der Waals surface area contributed by atoms with Crippen molar-refractivity contribution in [2.45, 2.75) is 0 Å². The molecule has 0 unspecified atom stereocenters. The van der Waals surface area contributed by atoms with Crippen LogP contribution in [0.5, 0.6) is 0 Å². The third-order valence-electron chi connectivity index (χ3n) is 3.26. The van der Waals surface area contributed by atoms with Gasteiger partial charge in [0.1, 0.15) is 0 Å². The second kappa shape index (κ2) is 5.13. The molecule has 3 heteroatoms. The molecule has 0 saturated heterocycles. The summed E-state index contributed by atoms with van der Waals surface area (Å²) in [6.45, 7) is 0. The van der Waals surface area contributed by atoms with Crippen molar-refractivity contribution in [3.05, 3.63) is 78.2 Å². The molecule has 1 aromatic heterocycles. The Labute approximate surface area is 117 Å². The SMILES string of the molecule is O[Si](c1ccccc1)(c1ccccc1)c1cccs1. The lowest BCUT2D eigenvalue weighted by Gasteiger charge is -2.25. The van der Waals surface area contributed by atoms with Crippen molar-refractivity contribution in [3.8, 4) is 0 Å². The van der Waals surface area contributed by atoms with E-state index in [0.717, 1.165) is 14.9 Å². The zero-order valence-corrected chi connectivity index (χ0v) is 12.2. The third-order valence-corrected chi connectivity index (χ3v) is 8.40. The quantitative estimate of drug-likeness (QED) is 0.725. The monoisotopic (exact) mass is 282 g/mol. The van der Waals surface area contributed by atoms with Crippen LogP contribution in [0.1, 0.15) is 0 Å². The molecular formula is C16H14OSSi. The fourth-order valence-corrected chi connectivity index (χ4v) is 6.94. The molecule has 0 aliphatic carbocycles. The highest BCUT2D eigenvalue weighted by molar-refractivity contribution is 7.29. The van der Waals surface area contributed by atoms with E-state index in [2.05, 4.69) is 0 Å². The van der Waals surface area contributed by atoms with E-state index in [1.807, 2.05) is 78.2 Å². The first-order chi connectivity index (χ1) is 9.32. The maximum absolute atomic E-state index is 11.5. The molecule has 0 amide bonds. The Morgan fingerprint density at radius 3 is 1.63 bits per heavy atom. The molecule has 0 aliphatic heterocycles. The fourth-order valence-electron chi connectivity index (χ4n) is 2.29. The Hall–Kier alpha value is -1.68. The Morgan fingerprint density at radius 2 is 1.21 bits per heavy atom. The molecule has 1 heterocycles. The van der Waals surface area contributed by atoms with Gasteiger partial charge < -0.3 is 4.80 Å². The van der Waals surface area contributed by atoms with Gasteiger partial charge in [0.2, 0.25) is 0 Å². The summed E-state index contributed by atoms with van der Waals surface area (Å²) in [5.41, 5.74) is 0. The Balaban J connectivity index is 2.23. The first kappa shape index (κ1) is 12.4. The van der Waals surface area contributed by atoms with Crippen LogP contribution < -0.4 is 14.9 Å². The summed E-state index contributed by atoms with van der Waals surface area (Å²) in [6.07, 6.45) is 0. The molecule has 3 aromatic rings. The summed E-state index contributed by atoms with van der Waals surface area (Å²) >= 11 is 1.63.